The molecule has 0 heterocycles. The number of carbonyl (C=O) groups excluding carboxylic acids is 1. The molecule has 1 aromatic carbocycles. The predicted molar refractivity (Wildman–Crippen MR) is 81.8 cm³/mol. The van der Waals surface area contributed by atoms with Gasteiger partial charge in [-0.05, 0) is 38.0 Å². The molecular formula is C15H22FNO3S. The first-order valence-electron chi connectivity index (χ1n) is 6.95. The summed E-state index contributed by atoms with van der Waals surface area (Å²) >= 11 is 0. The Labute approximate surface area is 127 Å². The average molecular weight is 315 g/mol. The van der Waals surface area contributed by atoms with Crippen molar-refractivity contribution in [2.24, 2.45) is 0 Å². The minimum Gasteiger partial charge on any atom is -0.379 e. The Morgan fingerprint density at radius 1 is 1.43 bits per heavy atom. The normalized spacial score (nSPS) is 12.4. The van der Waals surface area contributed by atoms with Crippen molar-refractivity contribution in [2.45, 2.75) is 32.1 Å². The molecule has 118 valence electrons. The third kappa shape index (κ3) is 8.57. The first-order valence-corrected chi connectivity index (χ1v) is 8.44. The minimum atomic E-state index is -1.33. The lowest BCUT2D eigenvalue weighted by atomic mass is 10.2. The second kappa shape index (κ2) is 9.63. The van der Waals surface area contributed by atoms with Gasteiger partial charge in [-0.2, -0.15) is 0 Å². The molecule has 0 fully saturated rings. The van der Waals surface area contributed by atoms with Gasteiger partial charge in [0.15, 0.2) is 0 Å². The van der Waals surface area contributed by atoms with E-state index >= 15 is 0 Å². The van der Waals surface area contributed by atoms with E-state index in [1.807, 2.05) is 13.8 Å². The molecule has 0 aliphatic rings. The number of rotatable bonds is 9. The fourth-order valence-electron chi connectivity index (χ4n) is 1.68. The molecule has 0 aliphatic carbocycles. The van der Waals surface area contributed by atoms with Crippen LogP contribution in [0.15, 0.2) is 24.3 Å². The fourth-order valence-corrected chi connectivity index (χ4v) is 2.73. The molecule has 1 atom stereocenters. The van der Waals surface area contributed by atoms with E-state index in [1.165, 1.54) is 12.1 Å². The van der Waals surface area contributed by atoms with Gasteiger partial charge in [0.05, 0.1) is 6.10 Å². The number of halogens is 1. The van der Waals surface area contributed by atoms with Crippen molar-refractivity contribution in [1.82, 2.24) is 5.32 Å². The number of benzene rings is 1. The molecule has 0 saturated heterocycles. The SMILES string of the molecule is CC(C)OCCCNC(=O)C[S@@](=O)Cc1cccc(F)c1. The standard InChI is InChI=1S/C15H22FNO3S/c1-12(2)20-8-4-7-17-15(18)11-21(19)10-13-5-3-6-14(16)9-13/h3,5-6,9,12H,4,7-8,10-11H2,1-2H3,(H,17,18)/t21-/m0/s1. The van der Waals surface area contributed by atoms with Crippen LogP contribution in [0.2, 0.25) is 0 Å². The Morgan fingerprint density at radius 2 is 2.19 bits per heavy atom. The van der Waals surface area contributed by atoms with E-state index in [-0.39, 0.29) is 29.3 Å². The molecule has 21 heavy (non-hydrogen) atoms. The molecule has 1 aromatic rings. The molecule has 0 aromatic heterocycles. The Morgan fingerprint density at radius 3 is 2.86 bits per heavy atom. The minimum absolute atomic E-state index is 0.0679. The third-order valence-electron chi connectivity index (χ3n) is 2.60. The van der Waals surface area contributed by atoms with Gasteiger partial charge in [-0.15, -0.1) is 0 Å². The maximum Gasteiger partial charge on any atom is 0.232 e. The summed E-state index contributed by atoms with van der Waals surface area (Å²) in [6, 6.07) is 5.93. The van der Waals surface area contributed by atoms with Crippen LogP contribution in [0.1, 0.15) is 25.8 Å². The largest absolute Gasteiger partial charge is 0.379 e. The lowest BCUT2D eigenvalue weighted by molar-refractivity contribution is -0.118. The van der Waals surface area contributed by atoms with Crippen LogP contribution in [0.3, 0.4) is 0 Å². The number of hydrogen-bond acceptors (Lipinski definition) is 3. The summed E-state index contributed by atoms with van der Waals surface area (Å²) < 4.78 is 30.1. The summed E-state index contributed by atoms with van der Waals surface area (Å²) in [6.45, 7) is 5.00. The molecule has 0 spiro atoms. The first-order chi connectivity index (χ1) is 9.97. The quantitative estimate of drug-likeness (QED) is 0.709. The van der Waals surface area contributed by atoms with Crippen molar-refractivity contribution < 1.29 is 18.1 Å². The Hall–Kier alpha value is -1.27. The lowest BCUT2D eigenvalue weighted by Crippen LogP contribution is -2.30. The topological polar surface area (TPSA) is 55.4 Å². The van der Waals surface area contributed by atoms with E-state index < -0.39 is 10.8 Å². The summed E-state index contributed by atoms with van der Waals surface area (Å²) in [5.74, 6) is -0.503. The van der Waals surface area contributed by atoms with Gasteiger partial charge in [-0.3, -0.25) is 9.00 Å². The highest BCUT2D eigenvalue weighted by molar-refractivity contribution is 7.84. The molecule has 0 unspecified atom stereocenters. The van der Waals surface area contributed by atoms with Gasteiger partial charge in [-0.1, -0.05) is 12.1 Å². The van der Waals surface area contributed by atoms with E-state index in [1.54, 1.807) is 12.1 Å². The number of ether oxygens (including phenoxy) is 1. The zero-order chi connectivity index (χ0) is 15.7. The van der Waals surface area contributed by atoms with E-state index in [0.717, 1.165) is 6.42 Å². The average Bonchev–Trinajstić information content (AvgIpc) is 2.37. The first kappa shape index (κ1) is 17.8. The number of nitrogens with one attached hydrogen (secondary N) is 1. The second-order valence-electron chi connectivity index (χ2n) is 4.98. The highest BCUT2D eigenvalue weighted by Crippen LogP contribution is 2.06. The Kier molecular flexibility index (Phi) is 8.15. The van der Waals surface area contributed by atoms with Crippen molar-refractivity contribution in [3.05, 3.63) is 35.6 Å². The van der Waals surface area contributed by atoms with E-state index in [0.29, 0.717) is 18.7 Å². The predicted octanol–water partition coefficient (Wildman–Crippen LogP) is 2.01. The van der Waals surface area contributed by atoms with Gasteiger partial charge in [-0.25, -0.2) is 4.39 Å². The van der Waals surface area contributed by atoms with Gasteiger partial charge in [0.25, 0.3) is 0 Å². The van der Waals surface area contributed by atoms with Crippen molar-refractivity contribution >= 4 is 16.7 Å². The molecule has 0 saturated carbocycles. The van der Waals surface area contributed by atoms with Crippen LogP contribution in [0.4, 0.5) is 4.39 Å². The van der Waals surface area contributed by atoms with E-state index in [2.05, 4.69) is 5.32 Å². The smallest absolute Gasteiger partial charge is 0.232 e. The van der Waals surface area contributed by atoms with Crippen LogP contribution in [0.25, 0.3) is 0 Å². The number of carbonyl (C=O) groups is 1. The Bertz CT molecular complexity index is 480. The van der Waals surface area contributed by atoms with Gasteiger partial charge in [0.1, 0.15) is 11.6 Å². The van der Waals surface area contributed by atoms with Crippen molar-refractivity contribution in [2.75, 3.05) is 18.9 Å². The van der Waals surface area contributed by atoms with E-state index in [4.69, 9.17) is 4.74 Å². The molecule has 0 bridgehead atoms. The fraction of sp³-hybridized carbons (Fsp3) is 0.533. The molecule has 1 amide bonds. The van der Waals surface area contributed by atoms with Gasteiger partial charge in [0, 0.05) is 29.7 Å². The van der Waals surface area contributed by atoms with Crippen LogP contribution >= 0.6 is 0 Å². The van der Waals surface area contributed by atoms with Crippen LogP contribution in [-0.4, -0.2) is 35.1 Å². The third-order valence-corrected chi connectivity index (χ3v) is 3.84. The summed E-state index contributed by atoms with van der Waals surface area (Å²) in [5, 5.41) is 2.70. The zero-order valence-electron chi connectivity index (χ0n) is 12.4. The molecule has 6 heteroatoms. The molecule has 0 radical (unpaired) electrons. The molecule has 1 N–H and O–H groups in total. The lowest BCUT2D eigenvalue weighted by Gasteiger charge is -2.08. The monoisotopic (exact) mass is 315 g/mol. The second-order valence-corrected chi connectivity index (χ2v) is 6.44. The van der Waals surface area contributed by atoms with Crippen LogP contribution in [0.5, 0.6) is 0 Å². The Balaban J connectivity index is 2.20. The number of hydrogen-bond donors (Lipinski definition) is 1. The maximum absolute atomic E-state index is 13.0. The van der Waals surface area contributed by atoms with Gasteiger partial charge < -0.3 is 10.1 Å². The highest BCUT2D eigenvalue weighted by atomic mass is 32.2. The maximum atomic E-state index is 13.0. The number of amides is 1. The molecule has 4 nitrogen and oxygen atoms in total. The zero-order valence-corrected chi connectivity index (χ0v) is 13.2. The van der Waals surface area contributed by atoms with E-state index in [9.17, 15) is 13.4 Å². The summed E-state index contributed by atoms with van der Waals surface area (Å²) in [6.07, 6.45) is 0.903. The molecular weight excluding hydrogens is 293 g/mol. The van der Waals surface area contributed by atoms with Crippen LogP contribution in [-0.2, 0) is 26.1 Å². The summed E-state index contributed by atoms with van der Waals surface area (Å²) in [7, 11) is -1.33. The van der Waals surface area contributed by atoms with Crippen LogP contribution in [0, 0.1) is 5.82 Å². The van der Waals surface area contributed by atoms with Gasteiger partial charge >= 0.3 is 0 Å². The van der Waals surface area contributed by atoms with Crippen molar-refractivity contribution in [3.8, 4) is 0 Å². The summed E-state index contributed by atoms with van der Waals surface area (Å²) in [5.41, 5.74) is 0.631. The summed E-state index contributed by atoms with van der Waals surface area (Å²) in [4.78, 5) is 11.6. The highest BCUT2D eigenvalue weighted by Gasteiger charge is 2.09. The molecule has 0 aliphatic heterocycles. The van der Waals surface area contributed by atoms with Crippen LogP contribution < -0.4 is 5.32 Å². The van der Waals surface area contributed by atoms with Crippen molar-refractivity contribution in [3.63, 3.8) is 0 Å². The van der Waals surface area contributed by atoms with Gasteiger partial charge in [0.2, 0.25) is 5.91 Å². The molecule has 1 rings (SSSR count). The van der Waals surface area contributed by atoms with Crippen molar-refractivity contribution in [1.29, 1.82) is 0 Å².